The van der Waals surface area contributed by atoms with Crippen LogP contribution < -0.4 is 15.8 Å². The zero-order chi connectivity index (χ0) is 15.7. The molecule has 0 aliphatic carbocycles. The molecule has 0 fully saturated rings. The van der Waals surface area contributed by atoms with Crippen LogP contribution in [0.4, 0.5) is 4.39 Å². The third-order valence-electron chi connectivity index (χ3n) is 3.21. The van der Waals surface area contributed by atoms with E-state index in [0.29, 0.717) is 25.1 Å². The lowest BCUT2D eigenvalue weighted by atomic mass is 10.1. The fourth-order valence-electron chi connectivity index (χ4n) is 2.00. The summed E-state index contributed by atoms with van der Waals surface area (Å²) in [7, 11) is 0. The van der Waals surface area contributed by atoms with Gasteiger partial charge in [0.1, 0.15) is 0 Å². The van der Waals surface area contributed by atoms with Gasteiger partial charge in [0.2, 0.25) is 0 Å². The highest BCUT2D eigenvalue weighted by Crippen LogP contribution is 2.24. The molecule has 118 valence electrons. The fourth-order valence-corrected chi connectivity index (χ4v) is 2.00. The van der Waals surface area contributed by atoms with E-state index in [1.807, 2.05) is 0 Å². The Bertz CT molecular complexity index is 452. The van der Waals surface area contributed by atoms with Crippen LogP contribution >= 0.6 is 0 Å². The molecular weight excluding hydrogens is 271 g/mol. The Morgan fingerprint density at radius 1 is 1.43 bits per heavy atom. The average molecular weight is 296 g/mol. The number of rotatable bonds is 9. The number of nitrogens with two attached hydrogens (primary N) is 1. The third kappa shape index (κ3) is 5.71. The number of benzene rings is 1. The molecule has 0 aromatic heterocycles. The number of para-hydroxylation sites is 1. The molecule has 4 nitrogen and oxygen atoms in total. The first kappa shape index (κ1) is 17.4. The zero-order valence-corrected chi connectivity index (χ0v) is 12.8. The van der Waals surface area contributed by atoms with E-state index < -0.39 is 11.9 Å². The van der Waals surface area contributed by atoms with Gasteiger partial charge in [0.25, 0.3) is 5.91 Å². The summed E-state index contributed by atoms with van der Waals surface area (Å²) < 4.78 is 19.4. The molecule has 0 radical (unpaired) electrons. The smallest absolute Gasteiger partial charge is 0.260 e. The minimum atomic E-state index is -0.736. The van der Waals surface area contributed by atoms with E-state index in [9.17, 15) is 9.18 Å². The SMILES string of the molecule is CCCCCNC(=O)C(C)Oc1c(F)cccc1CCN. The molecule has 0 spiro atoms. The summed E-state index contributed by atoms with van der Waals surface area (Å²) in [6.07, 6.45) is 2.88. The highest BCUT2D eigenvalue weighted by atomic mass is 19.1. The number of carbonyl (C=O) groups excluding carboxylic acids is 1. The molecule has 1 amide bonds. The summed E-state index contributed by atoms with van der Waals surface area (Å²) in [6, 6.07) is 4.70. The number of amides is 1. The van der Waals surface area contributed by atoms with E-state index in [1.165, 1.54) is 6.07 Å². The average Bonchev–Trinajstić information content (AvgIpc) is 2.47. The molecule has 0 saturated heterocycles. The van der Waals surface area contributed by atoms with Gasteiger partial charge in [-0.3, -0.25) is 4.79 Å². The van der Waals surface area contributed by atoms with Crippen LogP contribution in [0.2, 0.25) is 0 Å². The van der Waals surface area contributed by atoms with Crippen LogP contribution in [0.3, 0.4) is 0 Å². The lowest BCUT2D eigenvalue weighted by Gasteiger charge is -2.17. The van der Waals surface area contributed by atoms with Crippen molar-refractivity contribution in [3.8, 4) is 5.75 Å². The molecule has 3 N–H and O–H groups in total. The first-order valence-corrected chi connectivity index (χ1v) is 7.52. The summed E-state index contributed by atoms with van der Waals surface area (Å²) in [5.41, 5.74) is 6.19. The predicted molar refractivity (Wildman–Crippen MR) is 81.8 cm³/mol. The Kier molecular flexibility index (Phi) is 7.75. The van der Waals surface area contributed by atoms with Crippen molar-refractivity contribution in [2.24, 2.45) is 5.73 Å². The van der Waals surface area contributed by atoms with E-state index in [-0.39, 0.29) is 11.7 Å². The lowest BCUT2D eigenvalue weighted by Crippen LogP contribution is -2.37. The summed E-state index contributed by atoms with van der Waals surface area (Å²) in [4.78, 5) is 11.9. The van der Waals surface area contributed by atoms with Gasteiger partial charge in [-0.2, -0.15) is 0 Å². The van der Waals surface area contributed by atoms with Crippen LogP contribution in [-0.4, -0.2) is 25.1 Å². The van der Waals surface area contributed by atoms with E-state index in [1.54, 1.807) is 19.1 Å². The van der Waals surface area contributed by atoms with E-state index >= 15 is 0 Å². The van der Waals surface area contributed by atoms with E-state index in [0.717, 1.165) is 19.3 Å². The van der Waals surface area contributed by atoms with Gasteiger partial charge in [-0.15, -0.1) is 0 Å². The normalized spacial score (nSPS) is 12.0. The van der Waals surface area contributed by atoms with Gasteiger partial charge in [0.15, 0.2) is 17.7 Å². The summed E-state index contributed by atoms with van der Waals surface area (Å²) in [5, 5.41) is 2.80. The van der Waals surface area contributed by atoms with Gasteiger partial charge in [0, 0.05) is 6.54 Å². The molecule has 1 unspecified atom stereocenters. The predicted octanol–water partition coefficient (Wildman–Crippen LogP) is 2.40. The number of ether oxygens (including phenoxy) is 1. The van der Waals surface area contributed by atoms with Gasteiger partial charge in [-0.05, 0) is 37.9 Å². The minimum absolute atomic E-state index is 0.124. The van der Waals surface area contributed by atoms with Crippen LogP contribution in [0.5, 0.6) is 5.75 Å². The second kappa shape index (κ2) is 9.34. The highest BCUT2D eigenvalue weighted by molar-refractivity contribution is 5.80. The maximum Gasteiger partial charge on any atom is 0.260 e. The topological polar surface area (TPSA) is 64.3 Å². The largest absolute Gasteiger partial charge is 0.478 e. The lowest BCUT2D eigenvalue weighted by molar-refractivity contribution is -0.127. The van der Waals surface area contributed by atoms with Crippen LogP contribution in [-0.2, 0) is 11.2 Å². The summed E-state index contributed by atoms with van der Waals surface area (Å²) >= 11 is 0. The van der Waals surface area contributed by atoms with Crippen molar-refractivity contribution >= 4 is 5.91 Å². The van der Waals surface area contributed by atoms with Crippen molar-refractivity contribution in [3.05, 3.63) is 29.6 Å². The molecule has 1 rings (SSSR count). The molecule has 0 saturated carbocycles. The molecule has 5 heteroatoms. The first-order valence-electron chi connectivity index (χ1n) is 7.52. The number of unbranched alkanes of at least 4 members (excludes halogenated alkanes) is 2. The van der Waals surface area contributed by atoms with Crippen LogP contribution in [0.1, 0.15) is 38.7 Å². The van der Waals surface area contributed by atoms with Crippen LogP contribution in [0.15, 0.2) is 18.2 Å². The van der Waals surface area contributed by atoms with Crippen LogP contribution in [0.25, 0.3) is 0 Å². The van der Waals surface area contributed by atoms with Gasteiger partial charge >= 0.3 is 0 Å². The molecule has 1 aromatic carbocycles. The number of nitrogens with one attached hydrogen (secondary N) is 1. The van der Waals surface area contributed by atoms with Crippen molar-refractivity contribution in [3.63, 3.8) is 0 Å². The highest BCUT2D eigenvalue weighted by Gasteiger charge is 2.18. The molecular formula is C16H25FN2O2. The molecule has 0 heterocycles. The fraction of sp³-hybridized carbons (Fsp3) is 0.562. The maximum absolute atomic E-state index is 13.9. The molecule has 0 aliphatic rings. The van der Waals surface area contributed by atoms with E-state index in [4.69, 9.17) is 10.5 Å². The Morgan fingerprint density at radius 2 is 2.19 bits per heavy atom. The van der Waals surface area contributed by atoms with Crippen molar-refractivity contribution < 1.29 is 13.9 Å². The number of hydrogen-bond donors (Lipinski definition) is 2. The monoisotopic (exact) mass is 296 g/mol. The Hall–Kier alpha value is -1.62. The van der Waals surface area contributed by atoms with Crippen molar-refractivity contribution in [2.45, 2.75) is 45.6 Å². The number of carbonyl (C=O) groups is 1. The Balaban J connectivity index is 2.61. The van der Waals surface area contributed by atoms with Gasteiger partial charge < -0.3 is 15.8 Å². The first-order chi connectivity index (χ1) is 10.1. The molecule has 0 bridgehead atoms. The van der Waals surface area contributed by atoms with Gasteiger partial charge in [-0.25, -0.2) is 4.39 Å². The number of hydrogen-bond acceptors (Lipinski definition) is 3. The second-order valence-electron chi connectivity index (χ2n) is 5.02. The quantitative estimate of drug-likeness (QED) is 0.688. The van der Waals surface area contributed by atoms with Crippen molar-refractivity contribution in [1.29, 1.82) is 0 Å². The maximum atomic E-state index is 13.9. The molecule has 1 atom stereocenters. The zero-order valence-electron chi connectivity index (χ0n) is 12.8. The van der Waals surface area contributed by atoms with Crippen LogP contribution in [0, 0.1) is 5.82 Å². The Morgan fingerprint density at radius 3 is 2.86 bits per heavy atom. The van der Waals surface area contributed by atoms with Crippen molar-refractivity contribution in [2.75, 3.05) is 13.1 Å². The number of halogens is 1. The van der Waals surface area contributed by atoms with Crippen molar-refractivity contribution in [1.82, 2.24) is 5.32 Å². The minimum Gasteiger partial charge on any atom is -0.478 e. The molecule has 21 heavy (non-hydrogen) atoms. The van der Waals surface area contributed by atoms with Gasteiger partial charge in [-0.1, -0.05) is 31.9 Å². The van der Waals surface area contributed by atoms with Gasteiger partial charge in [0.05, 0.1) is 0 Å². The molecule has 0 aliphatic heterocycles. The third-order valence-corrected chi connectivity index (χ3v) is 3.21. The summed E-state index contributed by atoms with van der Waals surface area (Å²) in [5.74, 6) is -0.571. The Labute approximate surface area is 125 Å². The second-order valence-corrected chi connectivity index (χ2v) is 5.02. The standard InChI is InChI=1S/C16H25FN2O2/c1-3-4-5-11-19-16(20)12(2)21-15-13(9-10-18)7-6-8-14(15)17/h6-8,12H,3-5,9-11,18H2,1-2H3,(H,19,20). The summed E-state index contributed by atoms with van der Waals surface area (Å²) in [6.45, 7) is 4.74. The molecule has 1 aromatic rings. The van der Waals surface area contributed by atoms with E-state index in [2.05, 4.69) is 12.2 Å².